The highest BCUT2D eigenvalue weighted by atomic mass is 19.1. The van der Waals surface area contributed by atoms with Crippen molar-refractivity contribution in [1.29, 1.82) is 0 Å². The van der Waals surface area contributed by atoms with Crippen molar-refractivity contribution >= 4 is 5.97 Å². The molecule has 0 fully saturated rings. The number of carbonyl (C=O) groups is 1. The van der Waals surface area contributed by atoms with E-state index in [9.17, 15) is 9.18 Å². The molecule has 0 aliphatic carbocycles. The molecule has 0 bridgehead atoms. The van der Waals surface area contributed by atoms with Gasteiger partial charge in [0.1, 0.15) is 5.56 Å². The molecule has 0 spiro atoms. The molecule has 0 saturated heterocycles. The fraction of sp³-hybridized carbons (Fsp3) is 0.0909. The smallest absolute Gasteiger partial charge is 0.339 e. The van der Waals surface area contributed by atoms with Crippen molar-refractivity contribution in [2.75, 3.05) is 0 Å². The Morgan fingerprint density at radius 3 is 2.88 bits per heavy atom. The molecular formula is C11H9FN2O3. The van der Waals surface area contributed by atoms with Crippen LogP contribution in [0.25, 0.3) is 0 Å². The number of aromatic amines is 1. The monoisotopic (exact) mass is 236 g/mol. The molecule has 5 nitrogen and oxygen atoms in total. The third-order valence-corrected chi connectivity index (χ3v) is 2.09. The number of aromatic carboxylic acids is 1. The lowest BCUT2D eigenvalue weighted by atomic mass is 10.2. The van der Waals surface area contributed by atoms with Crippen molar-refractivity contribution in [3.05, 3.63) is 41.3 Å². The molecule has 1 aromatic heterocycles. The van der Waals surface area contributed by atoms with E-state index in [1.807, 2.05) is 0 Å². The van der Waals surface area contributed by atoms with Crippen LogP contribution in [0.15, 0.2) is 24.3 Å². The molecule has 2 rings (SSSR count). The number of benzene rings is 1. The quantitative estimate of drug-likeness (QED) is 0.857. The number of ether oxygens (including phenoxy) is 1. The second-order valence-electron chi connectivity index (χ2n) is 3.41. The van der Waals surface area contributed by atoms with Gasteiger partial charge in [0.05, 0.1) is 0 Å². The first-order valence-corrected chi connectivity index (χ1v) is 4.79. The zero-order valence-electron chi connectivity index (χ0n) is 8.90. The van der Waals surface area contributed by atoms with Gasteiger partial charge in [-0.05, 0) is 19.1 Å². The van der Waals surface area contributed by atoms with E-state index in [1.165, 1.54) is 18.2 Å². The Bertz CT molecular complexity index is 566. The maximum absolute atomic E-state index is 13.5. The highest BCUT2D eigenvalue weighted by Gasteiger charge is 2.17. The third kappa shape index (κ3) is 2.25. The summed E-state index contributed by atoms with van der Waals surface area (Å²) < 4.78 is 18.6. The Balaban J connectivity index is 2.40. The predicted octanol–water partition coefficient (Wildman–Crippen LogP) is 2.35. The zero-order chi connectivity index (χ0) is 12.4. The SMILES string of the molecule is Cc1cc(Oc2c(F)cccc2C(=O)O)n[nH]1. The molecule has 88 valence electrons. The molecule has 0 aliphatic rings. The Hall–Kier alpha value is -2.37. The van der Waals surface area contributed by atoms with Gasteiger partial charge in [-0.25, -0.2) is 9.18 Å². The number of aromatic nitrogens is 2. The third-order valence-electron chi connectivity index (χ3n) is 2.09. The Labute approximate surface area is 95.9 Å². The number of carboxylic acids is 1. The number of halogens is 1. The van der Waals surface area contributed by atoms with Crippen LogP contribution in [-0.4, -0.2) is 21.3 Å². The van der Waals surface area contributed by atoms with Gasteiger partial charge in [-0.3, -0.25) is 5.10 Å². The van der Waals surface area contributed by atoms with Crippen LogP contribution in [0.1, 0.15) is 16.1 Å². The normalized spacial score (nSPS) is 10.2. The summed E-state index contributed by atoms with van der Waals surface area (Å²) in [5.41, 5.74) is 0.485. The van der Waals surface area contributed by atoms with E-state index in [1.54, 1.807) is 6.92 Å². The summed E-state index contributed by atoms with van der Waals surface area (Å²) in [5, 5.41) is 15.3. The maximum atomic E-state index is 13.5. The minimum atomic E-state index is -1.26. The van der Waals surface area contributed by atoms with Crippen LogP contribution >= 0.6 is 0 Å². The van der Waals surface area contributed by atoms with E-state index >= 15 is 0 Å². The van der Waals surface area contributed by atoms with Gasteiger partial charge in [0.15, 0.2) is 11.6 Å². The highest BCUT2D eigenvalue weighted by Crippen LogP contribution is 2.27. The lowest BCUT2D eigenvalue weighted by Crippen LogP contribution is -2.02. The molecule has 17 heavy (non-hydrogen) atoms. The van der Waals surface area contributed by atoms with E-state index < -0.39 is 11.8 Å². The largest absolute Gasteiger partial charge is 0.478 e. The Morgan fingerprint density at radius 2 is 2.29 bits per heavy atom. The first kappa shape index (κ1) is 11.1. The molecule has 2 aromatic rings. The second kappa shape index (κ2) is 4.25. The van der Waals surface area contributed by atoms with E-state index in [-0.39, 0.29) is 17.2 Å². The number of hydrogen-bond acceptors (Lipinski definition) is 3. The van der Waals surface area contributed by atoms with Gasteiger partial charge in [-0.15, -0.1) is 5.10 Å². The number of para-hydroxylation sites is 1. The molecule has 6 heteroatoms. The van der Waals surface area contributed by atoms with Crippen LogP contribution in [0.4, 0.5) is 4.39 Å². The van der Waals surface area contributed by atoms with Gasteiger partial charge in [0.2, 0.25) is 5.88 Å². The van der Waals surface area contributed by atoms with E-state index in [0.29, 0.717) is 0 Å². The summed E-state index contributed by atoms with van der Waals surface area (Å²) in [6, 6.07) is 5.24. The topological polar surface area (TPSA) is 75.2 Å². The van der Waals surface area contributed by atoms with Crippen LogP contribution in [0.5, 0.6) is 11.6 Å². The Kier molecular flexibility index (Phi) is 2.78. The van der Waals surface area contributed by atoms with Crippen molar-refractivity contribution in [3.63, 3.8) is 0 Å². The fourth-order valence-electron chi connectivity index (χ4n) is 1.33. The molecular weight excluding hydrogens is 227 g/mol. The molecule has 0 unspecified atom stereocenters. The molecule has 1 aromatic carbocycles. The lowest BCUT2D eigenvalue weighted by molar-refractivity contribution is 0.0693. The molecule has 2 N–H and O–H groups in total. The van der Waals surface area contributed by atoms with E-state index in [0.717, 1.165) is 11.8 Å². The first-order chi connectivity index (χ1) is 8.08. The minimum absolute atomic E-state index is 0.120. The minimum Gasteiger partial charge on any atom is -0.478 e. The van der Waals surface area contributed by atoms with Crippen molar-refractivity contribution in [1.82, 2.24) is 10.2 Å². The summed E-state index contributed by atoms with van der Waals surface area (Å²) in [6.07, 6.45) is 0. The number of H-pyrrole nitrogens is 1. The molecule has 0 atom stereocenters. The fourth-order valence-corrected chi connectivity index (χ4v) is 1.33. The van der Waals surface area contributed by atoms with Crippen molar-refractivity contribution in [2.24, 2.45) is 0 Å². The number of nitrogens with one attached hydrogen (secondary N) is 1. The van der Waals surface area contributed by atoms with Crippen LogP contribution in [-0.2, 0) is 0 Å². The van der Waals surface area contributed by atoms with Crippen LogP contribution in [0.2, 0.25) is 0 Å². The molecule has 0 saturated carbocycles. The lowest BCUT2D eigenvalue weighted by Gasteiger charge is -2.06. The highest BCUT2D eigenvalue weighted by molar-refractivity contribution is 5.91. The Morgan fingerprint density at radius 1 is 1.53 bits per heavy atom. The average Bonchev–Trinajstić information content (AvgIpc) is 2.67. The predicted molar refractivity (Wildman–Crippen MR) is 56.8 cm³/mol. The number of hydrogen-bond donors (Lipinski definition) is 2. The number of aryl methyl sites for hydroxylation is 1. The van der Waals surface area contributed by atoms with Gasteiger partial charge in [-0.1, -0.05) is 6.07 Å². The van der Waals surface area contributed by atoms with Gasteiger partial charge < -0.3 is 9.84 Å². The van der Waals surface area contributed by atoms with Crippen molar-refractivity contribution in [3.8, 4) is 11.6 Å². The van der Waals surface area contributed by atoms with E-state index in [4.69, 9.17) is 9.84 Å². The van der Waals surface area contributed by atoms with Gasteiger partial charge >= 0.3 is 5.97 Å². The molecule has 0 radical (unpaired) electrons. The molecule has 0 aliphatic heterocycles. The van der Waals surface area contributed by atoms with Crippen LogP contribution < -0.4 is 4.74 Å². The summed E-state index contributed by atoms with van der Waals surface area (Å²) in [4.78, 5) is 10.9. The van der Waals surface area contributed by atoms with Gasteiger partial charge in [0, 0.05) is 11.8 Å². The summed E-state index contributed by atoms with van der Waals surface area (Å²) in [5.74, 6) is -2.22. The number of nitrogens with zero attached hydrogens (tertiary/aromatic N) is 1. The molecule has 0 amide bonds. The van der Waals surface area contributed by atoms with Gasteiger partial charge in [0.25, 0.3) is 0 Å². The summed E-state index contributed by atoms with van der Waals surface area (Å²) in [6.45, 7) is 1.75. The van der Waals surface area contributed by atoms with Crippen molar-refractivity contribution in [2.45, 2.75) is 6.92 Å². The zero-order valence-corrected chi connectivity index (χ0v) is 8.90. The molecule has 1 heterocycles. The first-order valence-electron chi connectivity index (χ1n) is 4.79. The van der Waals surface area contributed by atoms with Gasteiger partial charge in [-0.2, -0.15) is 0 Å². The number of rotatable bonds is 3. The second-order valence-corrected chi connectivity index (χ2v) is 3.41. The summed E-state index contributed by atoms with van der Waals surface area (Å²) >= 11 is 0. The average molecular weight is 236 g/mol. The van der Waals surface area contributed by atoms with Crippen LogP contribution in [0, 0.1) is 12.7 Å². The van der Waals surface area contributed by atoms with Crippen LogP contribution in [0.3, 0.4) is 0 Å². The number of carboxylic acid groups (broad SMARTS) is 1. The van der Waals surface area contributed by atoms with Crippen molar-refractivity contribution < 1.29 is 19.0 Å². The maximum Gasteiger partial charge on any atom is 0.339 e. The van der Waals surface area contributed by atoms with E-state index in [2.05, 4.69) is 10.2 Å². The summed E-state index contributed by atoms with van der Waals surface area (Å²) in [7, 11) is 0. The standard InChI is InChI=1S/C11H9FN2O3/c1-6-5-9(14-13-6)17-10-7(11(15)16)3-2-4-8(10)12/h2-5H,1H3,(H,13,14)(H,15,16).